The second kappa shape index (κ2) is 6.37. The van der Waals surface area contributed by atoms with Gasteiger partial charge in [-0.3, -0.25) is 0 Å². The van der Waals surface area contributed by atoms with E-state index in [0.29, 0.717) is 8.68 Å². The van der Waals surface area contributed by atoms with Crippen molar-refractivity contribution in [3.63, 3.8) is 0 Å². The Bertz CT molecular complexity index is 639. The summed E-state index contributed by atoms with van der Waals surface area (Å²) in [4.78, 5) is -0.205. The number of nitrogens with two attached hydrogens (primary N) is 1. The summed E-state index contributed by atoms with van der Waals surface area (Å²) >= 11 is 3.49. The molecular weight excluding hydrogens is 326 g/mol. The monoisotopic (exact) mass is 334 g/mol. The molecule has 0 atom stereocenters. The van der Waals surface area contributed by atoms with Crippen LogP contribution >= 0.6 is 34.9 Å². The number of oxime groups is 1. The predicted molar refractivity (Wildman–Crippen MR) is 74.7 cm³/mol. The van der Waals surface area contributed by atoms with E-state index >= 15 is 0 Å². The normalized spacial score (nSPS) is 11.8. The van der Waals surface area contributed by atoms with Crippen LogP contribution in [0.15, 0.2) is 30.9 Å². The van der Waals surface area contributed by atoms with Gasteiger partial charge in [-0.25, -0.2) is 8.78 Å². The molecule has 0 amide bonds. The number of rotatable bonds is 4. The summed E-state index contributed by atoms with van der Waals surface area (Å²) in [6, 6.07) is 1.99. The van der Waals surface area contributed by atoms with E-state index in [9.17, 15) is 8.78 Å². The summed E-state index contributed by atoms with van der Waals surface area (Å²) < 4.78 is 28.9. The molecule has 1 aromatic carbocycles. The fourth-order valence-electron chi connectivity index (χ4n) is 1.27. The zero-order valence-corrected chi connectivity index (χ0v) is 12.5. The van der Waals surface area contributed by atoms with Crippen molar-refractivity contribution >= 4 is 40.7 Å². The van der Waals surface area contributed by atoms with Crippen molar-refractivity contribution in [1.29, 1.82) is 0 Å². The Labute approximate surface area is 125 Å². The third kappa shape index (κ3) is 3.19. The van der Waals surface area contributed by atoms with Gasteiger partial charge in [0.15, 0.2) is 14.5 Å². The van der Waals surface area contributed by atoms with E-state index in [4.69, 9.17) is 10.9 Å². The van der Waals surface area contributed by atoms with Gasteiger partial charge in [0.25, 0.3) is 0 Å². The third-order valence-electron chi connectivity index (χ3n) is 2.15. The van der Waals surface area contributed by atoms with Gasteiger partial charge in [0.05, 0.1) is 4.90 Å². The Morgan fingerprint density at radius 3 is 2.40 bits per heavy atom. The van der Waals surface area contributed by atoms with Gasteiger partial charge in [-0.1, -0.05) is 40.0 Å². The molecule has 106 valence electrons. The molecule has 2 aromatic rings. The van der Waals surface area contributed by atoms with Gasteiger partial charge in [0, 0.05) is 5.56 Å². The maximum absolute atomic E-state index is 13.9. The van der Waals surface area contributed by atoms with E-state index < -0.39 is 11.6 Å². The highest BCUT2D eigenvalue weighted by atomic mass is 32.2. The molecule has 20 heavy (non-hydrogen) atoms. The molecule has 0 radical (unpaired) electrons. The van der Waals surface area contributed by atoms with Crippen LogP contribution in [0.3, 0.4) is 0 Å². The highest BCUT2D eigenvalue weighted by molar-refractivity contribution is 8.03. The molecule has 0 aliphatic heterocycles. The Morgan fingerprint density at radius 1 is 1.30 bits per heavy atom. The van der Waals surface area contributed by atoms with Gasteiger partial charge >= 0.3 is 0 Å². The number of benzene rings is 1. The Kier molecular flexibility index (Phi) is 4.78. The van der Waals surface area contributed by atoms with Crippen LogP contribution in [0.25, 0.3) is 0 Å². The summed E-state index contributed by atoms with van der Waals surface area (Å²) in [5.74, 6) is -1.98. The Hall–Kier alpha value is -1.39. The third-order valence-corrected chi connectivity index (χ3v) is 5.20. The van der Waals surface area contributed by atoms with E-state index in [1.54, 1.807) is 0 Å². The zero-order chi connectivity index (χ0) is 14.7. The highest BCUT2D eigenvalue weighted by Crippen LogP contribution is 2.36. The lowest BCUT2D eigenvalue weighted by atomic mass is 10.2. The molecule has 1 aromatic heterocycles. The molecule has 0 saturated carbocycles. The Balaban J connectivity index is 2.33. The minimum Gasteiger partial charge on any atom is -0.409 e. The van der Waals surface area contributed by atoms with Crippen molar-refractivity contribution < 1.29 is 14.0 Å². The number of thioether (sulfide) groups is 1. The second-order valence-electron chi connectivity index (χ2n) is 3.39. The number of halogens is 2. The number of amidine groups is 1. The lowest BCUT2D eigenvalue weighted by molar-refractivity contribution is 0.318. The van der Waals surface area contributed by atoms with Crippen molar-refractivity contribution in [2.24, 2.45) is 10.9 Å². The first-order valence-electron chi connectivity index (χ1n) is 5.07. The molecular formula is C10H8F2N4OS3. The van der Waals surface area contributed by atoms with E-state index in [-0.39, 0.29) is 16.3 Å². The largest absolute Gasteiger partial charge is 0.409 e. The van der Waals surface area contributed by atoms with Gasteiger partial charge in [0.1, 0.15) is 11.6 Å². The first kappa shape index (κ1) is 15.0. The van der Waals surface area contributed by atoms with Gasteiger partial charge in [-0.2, -0.15) is 0 Å². The van der Waals surface area contributed by atoms with Crippen LogP contribution in [0.5, 0.6) is 0 Å². The van der Waals surface area contributed by atoms with Crippen molar-refractivity contribution in [1.82, 2.24) is 10.2 Å². The molecule has 0 aliphatic rings. The molecule has 0 spiro atoms. The van der Waals surface area contributed by atoms with Gasteiger partial charge < -0.3 is 10.9 Å². The highest BCUT2D eigenvalue weighted by Gasteiger charge is 2.16. The predicted octanol–water partition coefficient (Wildman–Crippen LogP) is 2.78. The van der Waals surface area contributed by atoms with Crippen LogP contribution in [-0.2, 0) is 0 Å². The first-order valence-corrected chi connectivity index (χ1v) is 7.93. The van der Waals surface area contributed by atoms with Gasteiger partial charge in [0.2, 0.25) is 0 Å². The van der Waals surface area contributed by atoms with Crippen molar-refractivity contribution in [3.8, 4) is 0 Å². The maximum atomic E-state index is 13.9. The molecule has 0 bridgehead atoms. The molecule has 2 rings (SSSR count). The molecule has 0 saturated heterocycles. The minimum absolute atomic E-state index is 0.0334. The average Bonchev–Trinajstić information content (AvgIpc) is 2.89. The van der Waals surface area contributed by atoms with Crippen molar-refractivity contribution in [2.75, 3.05) is 6.26 Å². The lowest BCUT2D eigenvalue weighted by Gasteiger charge is -2.05. The van der Waals surface area contributed by atoms with Crippen LogP contribution in [0.2, 0.25) is 0 Å². The summed E-state index contributed by atoms with van der Waals surface area (Å²) in [6.07, 6.45) is 1.84. The molecule has 10 heteroatoms. The van der Waals surface area contributed by atoms with E-state index in [0.717, 1.165) is 23.9 Å². The average molecular weight is 334 g/mol. The lowest BCUT2D eigenvalue weighted by Crippen LogP contribution is -2.14. The quantitative estimate of drug-likeness (QED) is 0.294. The molecule has 5 nitrogen and oxygen atoms in total. The van der Waals surface area contributed by atoms with Crippen LogP contribution in [0, 0.1) is 11.6 Å². The topological polar surface area (TPSA) is 84.4 Å². The fourth-order valence-corrected chi connectivity index (χ4v) is 3.66. The summed E-state index contributed by atoms with van der Waals surface area (Å²) in [5, 5.41) is 18.9. The van der Waals surface area contributed by atoms with Crippen LogP contribution in [0.4, 0.5) is 8.78 Å². The summed E-state index contributed by atoms with van der Waals surface area (Å²) in [6.45, 7) is 0. The van der Waals surface area contributed by atoms with Crippen LogP contribution in [0.1, 0.15) is 5.56 Å². The second-order valence-corrected chi connectivity index (χ2v) is 6.68. The molecule has 0 aliphatic carbocycles. The number of nitrogens with zero attached hydrogens (tertiary/aromatic N) is 3. The zero-order valence-electron chi connectivity index (χ0n) is 10.0. The van der Waals surface area contributed by atoms with Crippen LogP contribution < -0.4 is 5.73 Å². The smallest absolute Gasteiger partial charge is 0.180 e. The summed E-state index contributed by atoms with van der Waals surface area (Å²) in [5.41, 5.74) is 5.26. The number of hydrogen-bond acceptors (Lipinski definition) is 7. The molecule has 0 unspecified atom stereocenters. The number of aromatic nitrogens is 2. The fraction of sp³-hybridized carbons (Fsp3) is 0.100. The van der Waals surface area contributed by atoms with Crippen molar-refractivity contribution in [2.45, 2.75) is 13.6 Å². The Morgan fingerprint density at radius 2 is 1.90 bits per heavy atom. The first-order chi connectivity index (χ1) is 9.55. The molecule has 1 heterocycles. The summed E-state index contributed by atoms with van der Waals surface area (Å²) in [7, 11) is 0. The SMILES string of the molecule is CSc1nnc(Sc2c(F)cc(C(N)=NO)cc2F)s1. The standard InChI is InChI=1S/C10H8F2N4OS3/c1-18-9-14-15-10(20-9)19-7-5(11)2-4(3-6(7)12)8(13)16-17/h2-3,17H,1H3,(H2,13,16). The van der Waals surface area contributed by atoms with Crippen molar-refractivity contribution in [3.05, 3.63) is 29.3 Å². The molecule has 0 fully saturated rings. The number of hydrogen-bond donors (Lipinski definition) is 2. The van der Waals surface area contributed by atoms with E-state index in [2.05, 4.69) is 15.4 Å². The van der Waals surface area contributed by atoms with Gasteiger partial charge in [-0.05, 0) is 18.4 Å². The minimum atomic E-state index is -0.808. The van der Waals surface area contributed by atoms with E-state index in [1.165, 1.54) is 23.1 Å². The van der Waals surface area contributed by atoms with Crippen LogP contribution in [-0.4, -0.2) is 27.5 Å². The maximum Gasteiger partial charge on any atom is 0.180 e. The molecule has 3 N–H and O–H groups in total. The van der Waals surface area contributed by atoms with E-state index in [1.807, 2.05) is 6.26 Å². The van der Waals surface area contributed by atoms with Gasteiger partial charge in [-0.15, -0.1) is 10.2 Å².